The SMILES string of the molecule is CCOc1ccc(-c2ccc(C#N)c(SCC(=O)Nc3ccccc3C(=O)OC)n2)cc1. The van der Waals surface area contributed by atoms with Crippen molar-refractivity contribution >= 4 is 29.3 Å². The molecule has 162 valence electrons. The van der Waals surface area contributed by atoms with Gasteiger partial charge in [0, 0.05) is 5.56 Å². The van der Waals surface area contributed by atoms with Crippen LogP contribution in [0.15, 0.2) is 65.7 Å². The van der Waals surface area contributed by atoms with Gasteiger partial charge in [0.25, 0.3) is 0 Å². The summed E-state index contributed by atoms with van der Waals surface area (Å²) in [6.07, 6.45) is 0. The molecular formula is C24H21N3O4S. The summed E-state index contributed by atoms with van der Waals surface area (Å²) in [5.74, 6) is -0.0823. The van der Waals surface area contributed by atoms with Crippen LogP contribution in [0, 0.1) is 11.3 Å². The molecular weight excluding hydrogens is 426 g/mol. The van der Waals surface area contributed by atoms with Crippen LogP contribution in [-0.2, 0) is 9.53 Å². The molecule has 7 nitrogen and oxygen atoms in total. The number of carbonyl (C=O) groups is 2. The van der Waals surface area contributed by atoms with Crippen molar-refractivity contribution in [3.8, 4) is 23.1 Å². The Morgan fingerprint density at radius 3 is 2.53 bits per heavy atom. The molecule has 1 N–H and O–H groups in total. The Morgan fingerprint density at radius 2 is 1.84 bits per heavy atom. The van der Waals surface area contributed by atoms with Crippen LogP contribution in [0.1, 0.15) is 22.8 Å². The van der Waals surface area contributed by atoms with E-state index in [1.807, 2.05) is 31.2 Å². The van der Waals surface area contributed by atoms with Crippen molar-refractivity contribution in [1.29, 1.82) is 5.26 Å². The van der Waals surface area contributed by atoms with Crippen LogP contribution >= 0.6 is 11.8 Å². The third-order valence-electron chi connectivity index (χ3n) is 4.39. The van der Waals surface area contributed by atoms with E-state index in [0.29, 0.717) is 28.6 Å². The minimum Gasteiger partial charge on any atom is -0.494 e. The molecule has 1 amide bonds. The summed E-state index contributed by atoms with van der Waals surface area (Å²) in [7, 11) is 1.28. The fourth-order valence-electron chi connectivity index (χ4n) is 2.89. The number of pyridine rings is 1. The highest BCUT2D eigenvalue weighted by molar-refractivity contribution is 8.00. The smallest absolute Gasteiger partial charge is 0.339 e. The van der Waals surface area contributed by atoms with Crippen molar-refractivity contribution in [2.75, 3.05) is 24.8 Å². The molecule has 3 aromatic rings. The van der Waals surface area contributed by atoms with Crippen LogP contribution in [0.2, 0.25) is 0 Å². The van der Waals surface area contributed by atoms with Gasteiger partial charge in [-0.1, -0.05) is 23.9 Å². The second-order valence-electron chi connectivity index (χ2n) is 6.49. The highest BCUT2D eigenvalue weighted by atomic mass is 32.2. The van der Waals surface area contributed by atoms with Crippen molar-refractivity contribution in [2.45, 2.75) is 11.9 Å². The van der Waals surface area contributed by atoms with Gasteiger partial charge in [0.1, 0.15) is 16.8 Å². The van der Waals surface area contributed by atoms with Gasteiger partial charge in [-0.2, -0.15) is 5.26 Å². The molecule has 0 saturated carbocycles. The molecule has 0 aliphatic heterocycles. The van der Waals surface area contributed by atoms with Crippen molar-refractivity contribution in [2.24, 2.45) is 0 Å². The average Bonchev–Trinajstić information content (AvgIpc) is 2.83. The molecule has 0 atom stereocenters. The standard InChI is InChI=1S/C24H21N3O4S/c1-3-31-18-11-8-16(9-12-18)20-13-10-17(14-25)23(27-20)32-15-22(28)26-21-7-5-4-6-19(21)24(29)30-2/h4-13H,3,15H2,1-2H3,(H,26,28). The molecule has 1 heterocycles. The Labute approximate surface area is 190 Å². The number of hydrogen-bond acceptors (Lipinski definition) is 7. The van der Waals surface area contributed by atoms with Crippen LogP contribution in [0.5, 0.6) is 5.75 Å². The zero-order valence-corrected chi connectivity index (χ0v) is 18.4. The number of ether oxygens (including phenoxy) is 2. The lowest BCUT2D eigenvalue weighted by Crippen LogP contribution is -2.17. The predicted molar refractivity (Wildman–Crippen MR) is 123 cm³/mol. The number of rotatable bonds is 8. The summed E-state index contributed by atoms with van der Waals surface area (Å²) < 4.78 is 10.2. The normalized spacial score (nSPS) is 10.2. The number of amides is 1. The summed E-state index contributed by atoms with van der Waals surface area (Å²) in [5, 5.41) is 12.6. The van der Waals surface area contributed by atoms with Crippen molar-refractivity contribution in [3.63, 3.8) is 0 Å². The maximum absolute atomic E-state index is 12.5. The van der Waals surface area contributed by atoms with Gasteiger partial charge < -0.3 is 14.8 Å². The molecule has 0 saturated heterocycles. The molecule has 1 aromatic heterocycles. The predicted octanol–water partition coefficient (Wildman–Crippen LogP) is 4.54. The molecule has 0 aliphatic carbocycles. The lowest BCUT2D eigenvalue weighted by atomic mass is 10.1. The van der Waals surface area contributed by atoms with Crippen LogP contribution in [0.3, 0.4) is 0 Å². The van der Waals surface area contributed by atoms with Gasteiger partial charge in [-0.3, -0.25) is 4.79 Å². The van der Waals surface area contributed by atoms with E-state index in [9.17, 15) is 14.9 Å². The Morgan fingerprint density at radius 1 is 1.09 bits per heavy atom. The van der Waals surface area contributed by atoms with E-state index in [0.717, 1.165) is 23.1 Å². The number of hydrogen-bond donors (Lipinski definition) is 1. The van der Waals surface area contributed by atoms with E-state index in [1.165, 1.54) is 7.11 Å². The largest absolute Gasteiger partial charge is 0.494 e. The molecule has 32 heavy (non-hydrogen) atoms. The summed E-state index contributed by atoms with van der Waals surface area (Å²) in [4.78, 5) is 28.9. The average molecular weight is 448 g/mol. The number of thioether (sulfide) groups is 1. The molecule has 0 aliphatic rings. The summed E-state index contributed by atoms with van der Waals surface area (Å²) in [6, 6.07) is 19.7. The van der Waals surface area contributed by atoms with Crippen LogP contribution in [0.25, 0.3) is 11.3 Å². The highest BCUT2D eigenvalue weighted by Crippen LogP contribution is 2.27. The quantitative estimate of drug-likeness (QED) is 0.400. The van der Waals surface area contributed by atoms with E-state index < -0.39 is 5.97 Å². The van der Waals surface area contributed by atoms with E-state index in [4.69, 9.17) is 9.47 Å². The first-order valence-electron chi connectivity index (χ1n) is 9.80. The van der Waals surface area contributed by atoms with Crippen molar-refractivity contribution in [1.82, 2.24) is 4.98 Å². The first kappa shape index (κ1) is 22.8. The van der Waals surface area contributed by atoms with Crippen LogP contribution in [0.4, 0.5) is 5.69 Å². The molecule has 8 heteroatoms. The molecule has 0 radical (unpaired) electrons. The number of methoxy groups -OCH3 is 1. The van der Waals surface area contributed by atoms with Gasteiger partial charge in [-0.25, -0.2) is 9.78 Å². The number of nitrogens with one attached hydrogen (secondary N) is 1. The summed E-state index contributed by atoms with van der Waals surface area (Å²) in [6.45, 7) is 2.51. The van der Waals surface area contributed by atoms with E-state index in [2.05, 4.69) is 16.4 Å². The molecule has 3 rings (SSSR count). The molecule has 0 fully saturated rings. The first-order valence-corrected chi connectivity index (χ1v) is 10.8. The van der Waals surface area contributed by atoms with Crippen LogP contribution in [-0.4, -0.2) is 36.3 Å². The number of carbonyl (C=O) groups excluding carboxylic acids is 2. The third-order valence-corrected chi connectivity index (χ3v) is 5.38. The number of benzene rings is 2. The zero-order valence-electron chi connectivity index (χ0n) is 17.6. The molecule has 0 spiro atoms. The van der Waals surface area contributed by atoms with Crippen molar-refractivity contribution in [3.05, 3.63) is 71.8 Å². The van der Waals surface area contributed by atoms with Crippen molar-refractivity contribution < 1.29 is 19.1 Å². The fourth-order valence-corrected chi connectivity index (χ4v) is 3.66. The van der Waals surface area contributed by atoms with Gasteiger partial charge in [0.2, 0.25) is 5.91 Å². The Kier molecular flexibility index (Phi) is 7.84. The molecule has 2 aromatic carbocycles. The summed E-state index contributed by atoms with van der Waals surface area (Å²) >= 11 is 1.15. The lowest BCUT2D eigenvalue weighted by Gasteiger charge is -2.10. The molecule has 0 unspecified atom stereocenters. The molecule has 0 bridgehead atoms. The number of nitrogens with zero attached hydrogens (tertiary/aromatic N) is 2. The number of nitriles is 1. The van der Waals surface area contributed by atoms with Gasteiger partial charge >= 0.3 is 5.97 Å². The van der Waals surface area contributed by atoms with Gasteiger partial charge in [0.15, 0.2) is 0 Å². The maximum atomic E-state index is 12.5. The van der Waals surface area contributed by atoms with E-state index in [-0.39, 0.29) is 17.2 Å². The summed E-state index contributed by atoms with van der Waals surface area (Å²) in [5.41, 5.74) is 2.57. The minimum atomic E-state index is -0.537. The number of anilines is 1. The van der Waals surface area contributed by atoms with Gasteiger partial charge in [0.05, 0.1) is 42.0 Å². The fraction of sp³-hybridized carbons (Fsp3) is 0.167. The Hall–Kier alpha value is -3.83. The monoisotopic (exact) mass is 447 g/mol. The second-order valence-corrected chi connectivity index (χ2v) is 7.46. The van der Waals surface area contributed by atoms with E-state index >= 15 is 0 Å². The number of aromatic nitrogens is 1. The Bertz CT molecular complexity index is 1160. The third kappa shape index (κ3) is 5.65. The number of para-hydroxylation sites is 1. The maximum Gasteiger partial charge on any atom is 0.339 e. The second kappa shape index (κ2) is 11.0. The zero-order chi connectivity index (χ0) is 22.9. The van der Waals surface area contributed by atoms with E-state index in [1.54, 1.807) is 36.4 Å². The lowest BCUT2D eigenvalue weighted by molar-refractivity contribution is -0.113. The van der Waals surface area contributed by atoms with Gasteiger partial charge in [-0.05, 0) is 55.5 Å². The highest BCUT2D eigenvalue weighted by Gasteiger charge is 2.15. The first-order chi connectivity index (χ1) is 15.5. The van der Waals surface area contributed by atoms with Gasteiger partial charge in [-0.15, -0.1) is 0 Å². The number of esters is 1. The minimum absolute atomic E-state index is 0.0178. The van der Waals surface area contributed by atoms with Crippen LogP contribution < -0.4 is 10.1 Å². The topological polar surface area (TPSA) is 101 Å². The Balaban J connectivity index is 1.73.